The van der Waals surface area contributed by atoms with Crippen molar-refractivity contribution in [2.45, 2.75) is 46.1 Å². The van der Waals surface area contributed by atoms with Crippen LogP contribution in [0.25, 0.3) is 0 Å². The summed E-state index contributed by atoms with van der Waals surface area (Å²) in [7, 11) is 0. The summed E-state index contributed by atoms with van der Waals surface area (Å²) in [6, 6.07) is 0. The molecule has 0 unspecified atom stereocenters. The molecule has 18 heavy (non-hydrogen) atoms. The fraction of sp³-hybridized carbons (Fsp3) is 0.500. The van der Waals surface area contributed by atoms with Crippen LogP contribution in [0.2, 0.25) is 0 Å². The molecular weight excluding hydrogens is 232 g/mol. The predicted octanol–water partition coefficient (Wildman–Crippen LogP) is 2.66. The van der Waals surface area contributed by atoms with Gasteiger partial charge in [0, 0.05) is 5.56 Å². The molecule has 2 rings (SSSR count). The van der Waals surface area contributed by atoms with E-state index in [1.807, 2.05) is 13.8 Å². The Kier molecular flexibility index (Phi) is 2.58. The van der Waals surface area contributed by atoms with E-state index >= 15 is 0 Å². The number of carboxylic acid groups (broad SMARTS) is 1. The highest BCUT2D eigenvalue weighted by Crippen LogP contribution is 2.51. The molecule has 1 atom stereocenters. The Hall–Kier alpha value is -1.71. The Morgan fingerprint density at radius 3 is 2.22 bits per heavy atom. The van der Waals surface area contributed by atoms with Crippen molar-refractivity contribution in [1.29, 1.82) is 0 Å². The molecule has 0 aliphatic carbocycles. The molecule has 1 aliphatic rings. The summed E-state index contributed by atoms with van der Waals surface area (Å²) in [5.41, 5.74) is 1.96. The summed E-state index contributed by atoms with van der Waals surface area (Å²) in [6.07, 6.45) is 0. The van der Waals surface area contributed by atoms with Crippen LogP contribution < -0.4 is 4.74 Å². The number of aromatic hydroxyl groups is 1. The molecule has 4 nitrogen and oxygen atoms in total. The molecule has 1 aromatic rings. The Balaban J connectivity index is 2.80. The molecule has 4 heteroatoms. The second-order valence-electron chi connectivity index (χ2n) is 5.44. The highest BCUT2D eigenvalue weighted by molar-refractivity contribution is 5.82. The molecule has 0 radical (unpaired) electrons. The number of phenols is 1. The highest BCUT2D eigenvalue weighted by Gasteiger charge is 2.48. The number of hydrogen-bond acceptors (Lipinski definition) is 3. The third kappa shape index (κ3) is 1.48. The zero-order valence-electron chi connectivity index (χ0n) is 11.3. The van der Waals surface area contributed by atoms with E-state index in [0.29, 0.717) is 16.9 Å². The summed E-state index contributed by atoms with van der Waals surface area (Å²) < 4.78 is 5.82. The SMILES string of the molecule is Cc1c(C)c2c(c(C)c1O)[C@@H](C(=O)O)C(C)(C)O2. The Labute approximate surface area is 106 Å². The maximum Gasteiger partial charge on any atom is 0.315 e. The minimum Gasteiger partial charge on any atom is -0.507 e. The molecule has 1 aromatic carbocycles. The van der Waals surface area contributed by atoms with Crippen molar-refractivity contribution >= 4 is 5.97 Å². The van der Waals surface area contributed by atoms with E-state index < -0.39 is 17.5 Å². The topological polar surface area (TPSA) is 66.8 Å². The molecule has 0 saturated carbocycles. The van der Waals surface area contributed by atoms with Gasteiger partial charge >= 0.3 is 5.97 Å². The molecule has 1 aliphatic heterocycles. The summed E-state index contributed by atoms with van der Waals surface area (Å²) in [4.78, 5) is 11.5. The summed E-state index contributed by atoms with van der Waals surface area (Å²) in [6.45, 7) is 8.91. The van der Waals surface area contributed by atoms with Crippen molar-refractivity contribution in [3.63, 3.8) is 0 Å². The van der Waals surface area contributed by atoms with Gasteiger partial charge in [0.25, 0.3) is 0 Å². The van der Waals surface area contributed by atoms with Crippen LogP contribution in [0.1, 0.15) is 42.0 Å². The minimum absolute atomic E-state index is 0.166. The first-order valence-electron chi connectivity index (χ1n) is 5.93. The second kappa shape index (κ2) is 3.64. The Morgan fingerprint density at radius 2 is 1.72 bits per heavy atom. The number of carbonyl (C=O) groups is 1. The van der Waals surface area contributed by atoms with Gasteiger partial charge in [-0.05, 0) is 51.3 Å². The first kappa shape index (κ1) is 12.7. The third-order valence-corrected chi connectivity index (χ3v) is 3.86. The quantitative estimate of drug-likeness (QED) is 0.804. The van der Waals surface area contributed by atoms with Crippen molar-refractivity contribution in [3.8, 4) is 11.5 Å². The number of ether oxygens (including phenoxy) is 1. The van der Waals surface area contributed by atoms with Crippen molar-refractivity contribution in [1.82, 2.24) is 0 Å². The van der Waals surface area contributed by atoms with E-state index in [1.54, 1.807) is 20.8 Å². The van der Waals surface area contributed by atoms with E-state index in [1.165, 1.54) is 0 Å². The average Bonchev–Trinajstić information content (AvgIpc) is 2.55. The van der Waals surface area contributed by atoms with Crippen LogP contribution in [0.4, 0.5) is 0 Å². The van der Waals surface area contributed by atoms with Crippen molar-refractivity contribution in [2.24, 2.45) is 0 Å². The number of aliphatic carboxylic acids is 1. The van der Waals surface area contributed by atoms with Crippen LogP contribution in [0.3, 0.4) is 0 Å². The molecule has 0 amide bonds. The van der Waals surface area contributed by atoms with Crippen LogP contribution in [0, 0.1) is 20.8 Å². The van der Waals surface area contributed by atoms with E-state index in [4.69, 9.17) is 4.74 Å². The Morgan fingerprint density at radius 1 is 1.17 bits per heavy atom. The minimum atomic E-state index is -0.926. The first-order chi connectivity index (χ1) is 8.18. The molecule has 0 saturated heterocycles. The monoisotopic (exact) mass is 250 g/mol. The first-order valence-corrected chi connectivity index (χ1v) is 5.93. The molecular formula is C14H18O4. The molecule has 98 valence electrons. The van der Waals surface area contributed by atoms with Crippen molar-refractivity contribution in [3.05, 3.63) is 22.3 Å². The highest BCUT2D eigenvalue weighted by atomic mass is 16.5. The van der Waals surface area contributed by atoms with Crippen LogP contribution >= 0.6 is 0 Å². The van der Waals surface area contributed by atoms with Gasteiger partial charge in [-0.25, -0.2) is 0 Å². The van der Waals surface area contributed by atoms with E-state index in [9.17, 15) is 15.0 Å². The summed E-state index contributed by atoms with van der Waals surface area (Å²) in [5, 5.41) is 19.5. The van der Waals surface area contributed by atoms with Gasteiger partial charge in [0.15, 0.2) is 0 Å². The summed E-state index contributed by atoms with van der Waals surface area (Å²) in [5.74, 6) is -0.902. The largest absolute Gasteiger partial charge is 0.507 e. The smallest absolute Gasteiger partial charge is 0.315 e. The fourth-order valence-corrected chi connectivity index (χ4v) is 2.70. The zero-order chi connectivity index (χ0) is 13.8. The van der Waals surface area contributed by atoms with Gasteiger partial charge in [0.1, 0.15) is 23.0 Å². The van der Waals surface area contributed by atoms with E-state index in [-0.39, 0.29) is 5.75 Å². The number of benzene rings is 1. The lowest BCUT2D eigenvalue weighted by Crippen LogP contribution is -2.35. The van der Waals surface area contributed by atoms with Crippen molar-refractivity contribution in [2.75, 3.05) is 0 Å². The van der Waals surface area contributed by atoms with Gasteiger partial charge in [-0.3, -0.25) is 4.79 Å². The lowest BCUT2D eigenvalue weighted by molar-refractivity contribution is -0.142. The van der Waals surface area contributed by atoms with Crippen LogP contribution in [-0.2, 0) is 4.79 Å². The lowest BCUT2D eigenvalue weighted by atomic mass is 9.83. The van der Waals surface area contributed by atoms with Gasteiger partial charge in [0.05, 0.1) is 0 Å². The van der Waals surface area contributed by atoms with Crippen molar-refractivity contribution < 1.29 is 19.7 Å². The maximum atomic E-state index is 11.5. The molecule has 0 spiro atoms. The van der Waals surface area contributed by atoms with Crippen LogP contribution in [-0.4, -0.2) is 21.8 Å². The van der Waals surface area contributed by atoms with Crippen LogP contribution in [0.15, 0.2) is 0 Å². The van der Waals surface area contributed by atoms with Gasteiger partial charge in [-0.15, -0.1) is 0 Å². The third-order valence-electron chi connectivity index (χ3n) is 3.86. The average molecular weight is 250 g/mol. The molecule has 0 fully saturated rings. The Bertz CT molecular complexity index is 543. The number of hydrogen-bond donors (Lipinski definition) is 2. The molecule has 0 bridgehead atoms. The van der Waals surface area contributed by atoms with Gasteiger partial charge in [0.2, 0.25) is 0 Å². The standard InChI is InChI=1S/C14H18O4/c1-6-7(2)12-9(8(3)11(6)15)10(13(16)17)14(4,5)18-12/h10,15H,1-5H3,(H,16,17)/t10-/m0/s1. The van der Waals surface area contributed by atoms with Gasteiger partial charge in [-0.2, -0.15) is 0 Å². The normalized spacial score (nSPS) is 20.4. The number of phenolic OH excluding ortho intramolecular Hbond substituents is 1. The van der Waals surface area contributed by atoms with Gasteiger partial charge < -0.3 is 14.9 Å². The zero-order valence-corrected chi connectivity index (χ0v) is 11.3. The summed E-state index contributed by atoms with van der Waals surface area (Å²) >= 11 is 0. The second-order valence-corrected chi connectivity index (χ2v) is 5.44. The number of fused-ring (bicyclic) bond motifs is 1. The van der Waals surface area contributed by atoms with Gasteiger partial charge in [-0.1, -0.05) is 0 Å². The molecule has 0 aromatic heterocycles. The predicted molar refractivity (Wildman–Crippen MR) is 67.4 cm³/mol. The number of carboxylic acids is 1. The van der Waals surface area contributed by atoms with Crippen LogP contribution in [0.5, 0.6) is 11.5 Å². The number of rotatable bonds is 1. The molecule has 2 N–H and O–H groups in total. The maximum absolute atomic E-state index is 11.5. The fourth-order valence-electron chi connectivity index (χ4n) is 2.70. The van der Waals surface area contributed by atoms with E-state index in [2.05, 4.69) is 0 Å². The molecule has 1 heterocycles. The lowest BCUT2D eigenvalue weighted by Gasteiger charge is -2.23. The van der Waals surface area contributed by atoms with E-state index in [0.717, 1.165) is 11.1 Å².